The number of pyridine rings is 1. The Labute approximate surface area is 124 Å². The molecular weight excluding hydrogens is 303 g/mol. The number of nitrogens with zero attached hydrogens (tertiary/aromatic N) is 1. The van der Waals surface area contributed by atoms with Crippen molar-refractivity contribution in [2.75, 3.05) is 5.32 Å². The van der Waals surface area contributed by atoms with Crippen molar-refractivity contribution in [1.29, 1.82) is 0 Å². The second-order valence-corrected chi connectivity index (χ2v) is 4.62. The number of carboxylic acids is 1. The number of benzene rings is 1. The van der Waals surface area contributed by atoms with E-state index in [1.165, 1.54) is 36.5 Å². The maximum Gasteiger partial charge on any atom is 0.335 e. The van der Waals surface area contributed by atoms with Gasteiger partial charge in [-0.3, -0.25) is 4.79 Å². The molecule has 5 nitrogen and oxygen atoms in total. The number of halogens is 2. The second-order valence-electron chi connectivity index (χ2n) is 3.82. The van der Waals surface area contributed by atoms with Crippen molar-refractivity contribution in [3.05, 3.63) is 57.8 Å². The van der Waals surface area contributed by atoms with Crippen molar-refractivity contribution in [1.82, 2.24) is 4.98 Å². The number of carbonyl (C=O) groups is 2. The number of carboxylic acid groups (broad SMARTS) is 1. The van der Waals surface area contributed by atoms with Crippen LogP contribution < -0.4 is 5.32 Å². The average Bonchev–Trinajstić information content (AvgIpc) is 2.41. The van der Waals surface area contributed by atoms with E-state index < -0.39 is 11.9 Å². The van der Waals surface area contributed by atoms with Crippen LogP contribution in [0.2, 0.25) is 10.2 Å². The maximum absolute atomic E-state index is 12.0. The molecule has 1 aromatic carbocycles. The molecule has 0 spiro atoms. The smallest absolute Gasteiger partial charge is 0.335 e. The summed E-state index contributed by atoms with van der Waals surface area (Å²) in [7, 11) is 0. The fourth-order valence-electron chi connectivity index (χ4n) is 1.46. The van der Waals surface area contributed by atoms with Gasteiger partial charge in [0.1, 0.15) is 5.15 Å². The lowest BCUT2D eigenvalue weighted by molar-refractivity contribution is 0.0696. The zero-order valence-corrected chi connectivity index (χ0v) is 11.4. The van der Waals surface area contributed by atoms with Gasteiger partial charge in [-0.1, -0.05) is 23.2 Å². The lowest BCUT2D eigenvalue weighted by Crippen LogP contribution is -2.13. The summed E-state index contributed by atoms with van der Waals surface area (Å²) in [4.78, 5) is 26.6. The summed E-state index contributed by atoms with van der Waals surface area (Å²) in [5.74, 6) is -1.57. The van der Waals surface area contributed by atoms with Crippen LogP contribution >= 0.6 is 23.2 Å². The molecule has 0 fully saturated rings. The first-order valence-electron chi connectivity index (χ1n) is 5.43. The van der Waals surface area contributed by atoms with Gasteiger partial charge in [-0.15, -0.1) is 0 Å². The first kappa shape index (κ1) is 14.3. The van der Waals surface area contributed by atoms with E-state index in [4.69, 9.17) is 28.3 Å². The first-order valence-corrected chi connectivity index (χ1v) is 6.18. The molecule has 0 bridgehead atoms. The van der Waals surface area contributed by atoms with E-state index in [2.05, 4.69) is 10.3 Å². The molecule has 0 saturated carbocycles. The van der Waals surface area contributed by atoms with E-state index in [1.54, 1.807) is 0 Å². The predicted octanol–water partition coefficient (Wildman–Crippen LogP) is 3.34. The molecule has 0 atom stereocenters. The molecule has 0 saturated heterocycles. The van der Waals surface area contributed by atoms with E-state index in [0.29, 0.717) is 0 Å². The highest BCUT2D eigenvalue weighted by molar-refractivity contribution is 6.34. The number of aromatic carboxylic acids is 1. The van der Waals surface area contributed by atoms with Gasteiger partial charge in [0.15, 0.2) is 0 Å². The topological polar surface area (TPSA) is 79.3 Å². The Kier molecular flexibility index (Phi) is 4.22. The summed E-state index contributed by atoms with van der Waals surface area (Å²) in [6.45, 7) is 0. The maximum atomic E-state index is 12.0. The van der Waals surface area contributed by atoms with Crippen LogP contribution in [-0.4, -0.2) is 22.0 Å². The number of nitrogens with one attached hydrogen (secondary N) is 1. The fraction of sp³-hybridized carbons (Fsp3) is 0. The zero-order valence-electron chi connectivity index (χ0n) is 9.93. The molecule has 0 radical (unpaired) electrons. The van der Waals surface area contributed by atoms with E-state index in [-0.39, 0.29) is 27.0 Å². The summed E-state index contributed by atoms with van der Waals surface area (Å²) >= 11 is 11.5. The molecule has 20 heavy (non-hydrogen) atoms. The highest BCUT2D eigenvalue weighted by atomic mass is 35.5. The van der Waals surface area contributed by atoms with Crippen molar-refractivity contribution in [3.8, 4) is 0 Å². The Morgan fingerprint density at radius 3 is 2.40 bits per heavy atom. The first-order chi connectivity index (χ1) is 9.47. The van der Waals surface area contributed by atoms with Crippen LogP contribution in [0.15, 0.2) is 36.5 Å². The van der Waals surface area contributed by atoms with E-state index in [0.717, 1.165) is 0 Å². The van der Waals surface area contributed by atoms with Crippen LogP contribution in [-0.2, 0) is 0 Å². The molecule has 0 aliphatic carbocycles. The standard InChI is InChI=1S/C13H8Cl2N2O3/c14-9-3-1-7(13(19)20)5-10(9)17-12(18)8-2-4-11(15)16-6-8/h1-6H,(H,17,18)(H,19,20). The van der Waals surface area contributed by atoms with Gasteiger partial charge in [0.05, 0.1) is 21.8 Å². The minimum absolute atomic E-state index is 0.0268. The lowest BCUT2D eigenvalue weighted by Gasteiger charge is -2.08. The number of hydrogen-bond acceptors (Lipinski definition) is 3. The van der Waals surface area contributed by atoms with Gasteiger partial charge in [0.2, 0.25) is 0 Å². The third-order valence-electron chi connectivity index (χ3n) is 2.45. The van der Waals surface area contributed by atoms with Crippen LogP contribution in [0, 0.1) is 0 Å². The van der Waals surface area contributed by atoms with Gasteiger partial charge >= 0.3 is 5.97 Å². The SMILES string of the molecule is O=C(O)c1ccc(Cl)c(NC(=O)c2ccc(Cl)nc2)c1. The van der Waals surface area contributed by atoms with E-state index in [1.807, 2.05) is 0 Å². The second kappa shape index (κ2) is 5.90. The molecule has 2 rings (SSSR count). The molecule has 2 N–H and O–H groups in total. The molecule has 1 amide bonds. The van der Waals surface area contributed by atoms with Crippen molar-refractivity contribution in [2.24, 2.45) is 0 Å². The summed E-state index contributed by atoms with van der Waals surface area (Å²) < 4.78 is 0. The average molecular weight is 311 g/mol. The molecule has 2 aromatic rings. The number of hydrogen-bond donors (Lipinski definition) is 2. The Balaban J connectivity index is 2.25. The van der Waals surface area contributed by atoms with Gasteiger partial charge in [0, 0.05) is 6.20 Å². The molecule has 102 valence electrons. The number of rotatable bonds is 3. The van der Waals surface area contributed by atoms with Gasteiger partial charge < -0.3 is 10.4 Å². The van der Waals surface area contributed by atoms with Crippen LogP contribution in [0.1, 0.15) is 20.7 Å². The number of anilines is 1. The van der Waals surface area contributed by atoms with Crippen molar-refractivity contribution in [3.63, 3.8) is 0 Å². The lowest BCUT2D eigenvalue weighted by atomic mass is 10.2. The van der Waals surface area contributed by atoms with E-state index in [9.17, 15) is 9.59 Å². The third kappa shape index (κ3) is 3.26. The molecule has 7 heteroatoms. The van der Waals surface area contributed by atoms with Gasteiger partial charge in [-0.2, -0.15) is 0 Å². The number of carbonyl (C=O) groups excluding carboxylic acids is 1. The van der Waals surface area contributed by atoms with Crippen LogP contribution in [0.5, 0.6) is 0 Å². The van der Waals surface area contributed by atoms with Crippen molar-refractivity contribution < 1.29 is 14.7 Å². The fourth-order valence-corrected chi connectivity index (χ4v) is 1.74. The molecular formula is C13H8Cl2N2O3. The largest absolute Gasteiger partial charge is 0.478 e. The van der Waals surface area contributed by atoms with Gasteiger partial charge in [-0.05, 0) is 30.3 Å². The Hall–Kier alpha value is -2.11. The van der Waals surface area contributed by atoms with Gasteiger partial charge in [0.25, 0.3) is 5.91 Å². The third-order valence-corrected chi connectivity index (χ3v) is 3.00. The summed E-state index contributed by atoms with van der Waals surface area (Å²) in [5, 5.41) is 11.9. The minimum Gasteiger partial charge on any atom is -0.478 e. The quantitative estimate of drug-likeness (QED) is 0.852. The van der Waals surface area contributed by atoms with Crippen molar-refractivity contribution in [2.45, 2.75) is 0 Å². The number of aromatic nitrogens is 1. The van der Waals surface area contributed by atoms with E-state index >= 15 is 0 Å². The van der Waals surface area contributed by atoms with Crippen LogP contribution in [0.25, 0.3) is 0 Å². The Morgan fingerprint density at radius 1 is 1.10 bits per heavy atom. The number of amides is 1. The Bertz CT molecular complexity index is 672. The summed E-state index contributed by atoms with van der Waals surface area (Å²) in [6.07, 6.45) is 1.31. The normalized spacial score (nSPS) is 10.1. The molecule has 0 unspecified atom stereocenters. The molecule has 0 aliphatic heterocycles. The Morgan fingerprint density at radius 2 is 1.80 bits per heavy atom. The summed E-state index contributed by atoms with van der Waals surface area (Å²) in [5.41, 5.74) is 0.525. The van der Waals surface area contributed by atoms with Gasteiger partial charge in [-0.25, -0.2) is 9.78 Å². The van der Waals surface area contributed by atoms with Crippen LogP contribution in [0.4, 0.5) is 5.69 Å². The van der Waals surface area contributed by atoms with Crippen LogP contribution in [0.3, 0.4) is 0 Å². The molecule has 1 aromatic heterocycles. The highest BCUT2D eigenvalue weighted by Gasteiger charge is 2.11. The minimum atomic E-state index is -1.11. The monoisotopic (exact) mass is 310 g/mol. The molecule has 0 aliphatic rings. The molecule has 1 heterocycles. The van der Waals surface area contributed by atoms with Crippen molar-refractivity contribution >= 4 is 40.8 Å². The summed E-state index contributed by atoms with van der Waals surface area (Å²) in [6, 6.07) is 7.02. The highest BCUT2D eigenvalue weighted by Crippen LogP contribution is 2.23. The predicted molar refractivity (Wildman–Crippen MR) is 75.6 cm³/mol. The zero-order chi connectivity index (χ0) is 14.7.